The quantitative estimate of drug-likeness (QED) is 0.842. The third-order valence-electron chi connectivity index (χ3n) is 3.26. The van der Waals surface area contributed by atoms with Crippen LogP contribution in [0.5, 0.6) is 5.75 Å². The molecule has 0 radical (unpaired) electrons. The van der Waals surface area contributed by atoms with Crippen LogP contribution >= 0.6 is 0 Å². The number of carbonyl (C=O) groups is 1. The van der Waals surface area contributed by atoms with Crippen LogP contribution in [0.15, 0.2) is 42.5 Å². The van der Waals surface area contributed by atoms with Crippen LogP contribution < -0.4 is 5.73 Å². The molecule has 0 aromatic heterocycles. The lowest BCUT2D eigenvalue weighted by molar-refractivity contribution is 0.0784. The lowest BCUT2D eigenvalue weighted by Crippen LogP contribution is -2.26. The highest BCUT2D eigenvalue weighted by Gasteiger charge is 2.14. The fraction of sp³-hybridized carbons (Fsp3) is 0.188. The molecule has 0 aliphatic heterocycles. The van der Waals surface area contributed by atoms with Gasteiger partial charge in [-0.05, 0) is 36.8 Å². The van der Waals surface area contributed by atoms with Gasteiger partial charge >= 0.3 is 0 Å². The van der Waals surface area contributed by atoms with Gasteiger partial charge in [-0.2, -0.15) is 0 Å². The number of nitrogens with two attached hydrogens (primary N) is 1. The molecule has 1 amide bonds. The summed E-state index contributed by atoms with van der Waals surface area (Å²) in [7, 11) is 1.71. The van der Waals surface area contributed by atoms with E-state index in [1.54, 1.807) is 48.3 Å². The number of nitrogen functional groups attached to an aromatic ring is 1. The summed E-state index contributed by atoms with van der Waals surface area (Å²) in [5.74, 6) is 0.0944. The first-order chi connectivity index (χ1) is 9.49. The van der Waals surface area contributed by atoms with E-state index in [4.69, 9.17) is 5.73 Å². The van der Waals surface area contributed by atoms with Gasteiger partial charge in [0.1, 0.15) is 5.75 Å². The van der Waals surface area contributed by atoms with Crippen molar-refractivity contribution in [3.05, 3.63) is 59.2 Å². The number of carbonyl (C=O) groups excluding carboxylic acids is 1. The van der Waals surface area contributed by atoms with Crippen molar-refractivity contribution in [3.8, 4) is 5.75 Å². The number of aryl methyl sites for hydroxylation is 1. The Morgan fingerprint density at radius 3 is 2.60 bits per heavy atom. The molecular formula is C16H18N2O2. The summed E-state index contributed by atoms with van der Waals surface area (Å²) in [5.41, 5.74) is 8.61. The van der Waals surface area contributed by atoms with E-state index in [9.17, 15) is 9.90 Å². The first-order valence-corrected chi connectivity index (χ1v) is 6.37. The van der Waals surface area contributed by atoms with Crippen molar-refractivity contribution in [2.75, 3.05) is 12.8 Å². The molecule has 0 aliphatic carbocycles. The van der Waals surface area contributed by atoms with E-state index >= 15 is 0 Å². The summed E-state index contributed by atoms with van der Waals surface area (Å²) in [6.45, 7) is 2.23. The molecule has 2 aromatic rings. The zero-order valence-electron chi connectivity index (χ0n) is 11.6. The van der Waals surface area contributed by atoms with E-state index in [1.807, 2.05) is 13.0 Å². The molecule has 0 aliphatic rings. The van der Waals surface area contributed by atoms with Crippen molar-refractivity contribution < 1.29 is 9.90 Å². The van der Waals surface area contributed by atoms with Crippen LogP contribution in [0.25, 0.3) is 0 Å². The summed E-state index contributed by atoms with van der Waals surface area (Å²) < 4.78 is 0. The van der Waals surface area contributed by atoms with Gasteiger partial charge < -0.3 is 15.7 Å². The summed E-state index contributed by atoms with van der Waals surface area (Å²) in [5, 5.41) is 9.74. The molecular weight excluding hydrogens is 252 g/mol. The van der Waals surface area contributed by atoms with Gasteiger partial charge in [0, 0.05) is 30.4 Å². The topological polar surface area (TPSA) is 66.6 Å². The average Bonchev–Trinajstić information content (AvgIpc) is 2.43. The van der Waals surface area contributed by atoms with Crippen molar-refractivity contribution in [2.45, 2.75) is 13.5 Å². The van der Waals surface area contributed by atoms with Gasteiger partial charge in [0.05, 0.1) is 0 Å². The Labute approximate surface area is 118 Å². The van der Waals surface area contributed by atoms with Crippen LogP contribution in [0.3, 0.4) is 0 Å². The summed E-state index contributed by atoms with van der Waals surface area (Å²) >= 11 is 0. The molecule has 0 fully saturated rings. The molecule has 0 heterocycles. The molecule has 0 saturated heterocycles. The molecule has 4 heteroatoms. The van der Waals surface area contributed by atoms with Gasteiger partial charge in [-0.1, -0.05) is 18.2 Å². The van der Waals surface area contributed by atoms with Gasteiger partial charge in [-0.15, -0.1) is 0 Å². The van der Waals surface area contributed by atoms with Gasteiger partial charge in [-0.25, -0.2) is 0 Å². The van der Waals surface area contributed by atoms with Crippen molar-refractivity contribution in [2.24, 2.45) is 0 Å². The molecule has 2 rings (SSSR count). The maximum Gasteiger partial charge on any atom is 0.253 e. The first kappa shape index (κ1) is 13.9. The van der Waals surface area contributed by atoms with E-state index in [2.05, 4.69) is 0 Å². The summed E-state index contributed by atoms with van der Waals surface area (Å²) in [6, 6.07) is 12.2. The Morgan fingerprint density at radius 2 is 1.95 bits per heavy atom. The molecule has 104 valence electrons. The standard InChI is InChI=1S/C16H18N2O2/c1-11-9-12(7-8-14(11)17)16(20)18(2)10-13-5-3-4-6-15(13)19/h3-9,19H,10,17H2,1-2H3. The van der Waals surface area contributed by atoms with Gasteiger partial charge in [0.2, 0.25) is 0 Å². The van der Waals surface area contributed by atoms with Crippen LogP contribution in [-0.4, -0.2) is 23.0 Å². The van der Waals surface area contributed by atoms with Crippen molar-refractivity contribution >= 4 is 11.6 Å². The zero-order valence-corrected chi connectivity index (χ0v) is 11.6. The minimum atomic E-state index is -0.101. The Morgan fingerprint density at radius 1 is 1.25 bits per heavy atom. The van der Waals surface area contributed by atoms with Gasteiger partial charge in [-0.3, -0.25) is 4.79 Å². The fourth-order valence-corrected chi connectivity index (χ4v) is 2.00. The highest BCUT2D eigenvalue weighted by atomic mass is 16.3. The molecule has 0 unspecified atom stereocenters. The molecule has 0 bridgehead atoms. The van der Waals surface area contributed by atoms with Crippen LogP contribution in [0.1, 0.15) is 21.5 Å². The smallest absolute Gasteiger partial charge is 0.253 e. The Balaban J connectivity index is 2.16. The molecule has 2 aromatic carbocycles. The SMILES string of the molecule is Cc1cc(C(=O)N(C)Cc2ccccc2O)ccc1N. The molecule has 0 atom stereocenters. The lowest BCUT2D eigenvalue weighted by Gasteiger charge is -2.18. The van der Waals surface area contributed by atoms with E-state index in [0.717, 1.165) is 11.1 Å². The van der Waals surface area contributed by atoms with Crippen LogP contribution in [0.4, 0.5) is 5.69 Å². The summed E-state index contributed by atoms with van der Waals surface area (Å²) in [4.78, 5) is 13.9. The monoisotopic (exact) mass is 270 g/mol. The van der Waals surface area contributed by atoms with Crippen LogP contribution in [-0.2, 0) is 6.54 Å². The Kier molecular flexibility index (Phi) is 3.94. The molecule has 0 saturated carbocycles. The van der Waals surface area contributed by atoms with E-state index in [-0.39, 0.29) is 11.7 Å². The number of phenols is 1. The van der Waals surface area contributed by atoms with Crippen LogP contribution in [0, 0.1) is 6.92 Å². The predicted molar refractivity (Wildman–Crippen MR) is 79.5 cm³/mol. The average molecular weight is 270 g/mol. The number of rotatable bonds is 3. The zero-order chi connectivity index (χ0) is 14.7. The van der Waals surface area contributed by atoms with Crippen LogP contribution in [0.2, 0.25) is 0 Å². The molecule has 20 heavy (non-hydrogen) atoms. The number of anilines is 1. The fourth-order valence-electron chi connectivity index (χ4n) is 2.00. The minimum Gasteiger partial charge on any atom is -0.508 e. The van der Waals surface area contributed by atoms with Crippen molar-refractivity contribution in [1.29, 1.82) is 0 Å². The van der Waals surface area contributed by atoms with E-state index in [0.29, 0.717) is 17.8 Å². The number of aromatic hydroxyl groups is 1. The number of nitrogens with zero attached hydrogens (tertiary/aromatic N) is 1. The largest absolute Gasteiger partial charge is 0.508 e. The number of amides is 1. The third kappa shape index (κ3) is 2.91. The number of hydrogen-bond donors (Lipinski definition) is 2. The maximum absolute atomic E-state index is 12.3. The highest BCUT2D eigenvalue weighted by molar-refractivity contribution is 5.94. The highest BCUT2D eigenvalue weighted by Crippen LogP contribution is 2.19. The number of hydrogen-bond acceptors (Lipinski definition) is 3. The Bertz CT molecular complexity index is 638. The van der Waals surface area contributed by atoms with Gasteiger partial charge in [0.25, 0.3) is 5.91 Å². The number of para-hydroxylation sites is 1. The second-order valence-electron chi connectivity index (χ2n) is 4.86. The summed E-state index contributed by atoms with van der Waals surface area (Å²) in [6.07, 6.45) is 0. The minimum absolute atomic E-state index is 0.101. The van der Waals surface area contributed by atoms with E-state index < -0.39 is 0 Å². The third-order valence-corrected chi connectivity index (χ3v) is 3.26. The number of phenolic OH excluding ortho intramolecular Hbond substituents is 1. The second kappa shape index (κ2) is 5.65. The Hall–Kier alpha value is -2.49. The van der Waals surface area contributed by atoms with E-state index in [1.165, 1.54) is 0 Å². The lowest BCUT2D eigenvalue weighted by atomic mass is 10.1. The van der Waals surface area contributed by atoms with Gasteiger partial charge in [0.15, 0.2) is 0 Å². The second-order valence-corrected chi connectivity index (χ2v) is 4.86. The first-order valence-electron chi connectivity index (χ1n) is 6.37. The number of benzene rings is 2. The van der Waals surface area contributed by atoms with Crippen molar-refractivity contribution in [1.82, 2.24) is 4.90 Å². The maximum atomic E-state index is 12.3. The normalized spacial score (nSPS) is 10.3. The molecule has 4 nitrogen and oxygen atoms in total. The van der Waals surface area contributed by atoms with Crippen molar-refractivity contribution in [3.63, 3.8) is 0 Å². The molecule has 3 N–H and O–H groups in total. The predicted octanol–water partition coefficient (Wildman–Crippen LogP) is 2.56. The molecule has 0 spiro atoms.